The maximum atomic E-state index is 13.1. The van der Waals surface area contributed by atoms with Crippen LogP contribution in [0.3, 0.4) is 0 Å². The second-order valence-electron chi connectivity index (χ2n) is 7.65. The molecule has 0 saturated heterocycles. The van der Waals surface area contributed by atoms with Crippen LogP contribution in [0.25, 0.3) is 11.8 Å². The third-order valence-corrected chi connectivity index (χ3v) is 5.55. The van der Waals surface area contributed by atoms with E-state index in [-0.39, 0.29) is 17.8 Å². The molecule has 0 fully saturated rings. The monoisotopic (exact) mass is 471 g/mol. The van der Waals surface area contributed by atoms with Gasteiger partial charge in [-0.3, -0.25) is 10.1 Å². The summed E-state index contributed by atoms with van der Waals surface area (Å²) in [5.74, 6) is -0.0575. The van der Waals surface area contributed by atoms with Gasteiger partial charge in [0.1, 0.15) is 11.9 Å². The van der Waals surface area contributed by atoms with E-state index in [2.05, 4.69) is 26.8 Å². The zero-order valence-corrected chi connectivity index (χ0v) is 18.6. The molecule has 0 bridgehead atoms. The third-order valence-electron chi connectivity index (χ3n) is 5.29. The van der Waals surface area contributed by atoms with E-state index in [0.717, 1.165) is 16.8 Å². The number of hydrogen-bond donors (Lipinski definition) is 2. The summed E-state index contributed by atoms with van der Waals surface area (Å²) in [4.78, 5) is 16.9. The summed E-state index contributed by atoms with van der Waals surface area (Å²) in [5, 5.41) is 11.2. The Bertz CT molecular complexity index is 1380. The number of anilines is 2. The predicted molar refractivity (Wildman–Crippen MR) is 132 cm³/mol. The molecule has 3 aromatic carbocycles. The molecular weight excluding hydrogens is 453 g/mol. The van der Waals surface area contributed by atoms with Gasteiger partial charge in [0.15, 0.2) is 0 Å². The summed E-state index contributed by atoms with van der Waals surface area (Å²) < 4.78 is 14.8. The number of carbonyl (C=O) groups is 1. The lowest BCUT2D eigenvalue weighted by Gasteiger charge is -2.24. The van der Waals surface area contributed by atoms with Crippen molar-refractivity contribution in [3.8, 4) is 0 Å². The lowest BCUT2D eigenvalue weighted by Crippen LogP contribution is -2.20. The molecule has 2 N–H and O–H groups in total. The fraction of sp³-hybridized carbons (Fsp3) is 0.0385. The van der Waals surface area contributed by atoms with Gasteiger partial charge in [-0.05, 0) is 53.1 Å². The summed E-state index contributed by atoms with van der Waals surface area (Å²) in [7, 11) is 0. The van der Waals surface area contributed by atoms with E-state index >= 15 is 0 Å². The highest BCUT2D eigenvalue weighted by Gasteiger charge is 2.25. The maximum absolute atomic E-state index is 13.1. The maximum Gasteiger partial charge on any atom is 0.250 e. The lowest BCUT2D eigenvalue weighted by molar-refractivity contribution is -0.111. The number of allylic oxidation sites excluding steroid dienone is 1. The Labute approximate surface area is 200 Å². The molecule has 4 aromatic rings. The molecule has 0 unspecified atom stereocenters. The molecular formula is C26H19ClFN5O. The van der Waals surface area contributed by atoms with Crippen LogP contribution in [0.5, 0.6) is 0 Å². The fourth-order valence-electron chi connectivity index (χ4n) is 3.63. The SMILES string of the molecule is O=C(/C=C/c1ccc(F)cc1)Nc1nc2n(n1)[C@@H](c1ccccc1)C=C(c1ccc(Cl)cc1)N2. The number of benzene rings is 3. The van der Waals surface area contributed by atoms with E-state index in [9.17, 15) is 9.18 Å². The van der Waals surface area contributed by atoms with Crippen molar-refractivity contribution in [1.82, 2.24) is 14.8 Å². The van der Waals surface area contributed by atoms with Gasteiger partial charge in [-0.2, -0.15) is 4.98 Å². The largest absolute Gasteiger partial charge is 0.324 e. The molecule has 1 atom stereocenters. The molecule has 0 aliphatic carbocycles. The average Bonchev–Trinajstić information content (AvgIpc) is 3.26. The van der Waals surface area contributed by atoms with Gasteiger partial charge in [0.05, 0.1) is 0 Å². The van der Waals surface area contributed by atoms with E-state index in [1.54, 1.807) is 22.9 Å². The van der Waals surface area contributed by atoms with E-state index in [1.165, 1.54) is 18.2 Å². The molecule has 1 aliphatic heterocycles. The summed E-state index contributed by atoms with van der Waals surface area (Å²) in [6, 6.07) is 23.1. The number of halogens is 2. The molecule has 0 spiro atoms. The highest BCUT2D eigenvalue weighted by Crippen LogP contribution is 2.33. The third kappa shape index (κ3) is 4.74. The minimum absolute atomic E-state index is 0.169. The van der Waals surface area contributed by atoms with Crippen LogP contribution in [0.4, 0.5) is 16.3 Å². The number of hydrogen-bond acceptors (Lipinski definition) is 4. The number of carbonyl (C=O) groups excluding carboxylic acids is 1. The normalized spacial score (nSPS) is 14.9. The van der Waals surface area contributed by atoms with Gasteiger partial charge in [0.25, 0.3) is 11.9 Å². The van der Waals surface area contributed by atoms with Crippen molar-refractivity contribution in [3.63, 3.8) is 0 Å². The van der Waals surface area contributed by atoms with Gasteiger partial charge < -0.3 is 5.32 Å². The minimum Gasteiger partial charge on any atom is -0.324 e. The van der Waals surface area contributed by atoms with Gasteiger partial charge in [0.2, 0.25) is 5.95 Å². The molecule has 34 heavy (non-hydrogen) atoms. The van der Waals surface area contributed by atoms with E-state index in [4.69, 9.17) is 11.6 Å². The summed E-state index contributed by atoms with van der Waals surface area (Å²) >= 11 is 6.05. The molecule has 6 nitrogen and oxygen atoms in total. The molecule has 8 heteroatoms. The van der Waals surface area contributed by atoms with Crippen LogP contribution in [-0.4, -0.2) is 20.7 Å². The van der Waals surface area contributed by atoms with Crippen molar-refractivity contribution in [2.75, 3.05) is 10.6 Å². The second-order valence-corrected chi connectivity index (χ2v) is 8.08. The van der Waals surface area contributed by atoms with E-state index in [0.29, 0.717) is 16.5 Å². The summed E-state index contributed by atoms with van der Waals surface area (Å²) in [5.41, 5.74) is 3.54. The quantitative estimate of drug-likeness (QED) is 0.362. The van der Waals surface area contributed by atoms with Crippen molar-refractivity contribution in [3.05, 3.63) is 119 Å². The zero-order chi connectivity index (χ0) is 23.5. The van der Waals surface area contributed by atoms with Crippen molar-refractivity contribution < 1.29 is 9.18 Å². The van der Waals surface area contributed by atoms with Crippen LogP contribution in [0.1, 0.15) is 22.7 Å². The Kier molecular flexibility index (Phi) is 5.93. The zero-order valence-electron chi connectivity index (χ0n) is 17.8. The minimum atomic E-state index is -0.394. The molecule has 0 saturated carbocycles. The average molecular weight is 472 g/mol. The highest BCUT2D eigenvalue weighted by molar-refractivity contribution is 6.30. The van der Waals surface area contributed by atoms with Gasteiger partial charge in [0, 0.05) is 16.8 Å². The van der Waals surface area contributed by atoms with Crippen molar-refractivity contribution in [1.29, 1.82) is 0 Å². The highest BCUT2D eigenvalue weighted by atomic mass is 35.5. The first kappa shape index (κ1) is 21.6. The smallest absolute Gasteiger partial charge is 0.250 e. The van der Waals surface area contributed by atoms with Crippen LogP contribution in [0.2, 0.25) is 5.02 Å². The number of nitrogens with zero attached hydrogens (tertiary/aromatic N) is 3. The fourth-order valence-corrected chi connectivity index (χ4v) is 3.76. The van der Waals surface area contributed by atoms with Crippen molar-refractivity contribution >= 4 is 41.2 Å². The first-order valence-corrected chi connectivity index (χ1v) is 10.9. The Morgan fingerprint density at radius 3 is 2.50 bits per heavy atom. The molecule has 1 aliphatic rings. The van der Waals surface area contributed by atoms with Gasteiger partial charge >= 0.3 is 0 Å². The van der Waals surface area contributed by atoms with Crippen LogP contribution in [0, 0.1) is 5.82 Å². The topological polar surface area (TPSA) is 71.8 Å². The molecule has 1 aromatic heterocycles. The standard InChI is InChI=1S/C26H19ClFN5O/c27-20-11-9-18(10-12-20)22-16-23(19-4-2-1-3-5-19)33-26(29-22)31-25(32-33)30-24(34)15-8-17-6-13-21(28)14-7-17/h1-16,23H,(H2,29,30,31,32,34)/b15-8+/t23-/m1/s1. The molecule has 1 amide bonds. The van der Waals surface area contributed by atoms with E-state index in [1.807, 2.05) is 54.6 Å². The second kappa shape index (κ2) is 9.33. The number of rotatable bonds is 5. The lowest BCUT2D eigenvalue weighted by atomic mass is 10.0. The summed E-state index contributed by atoms with van der Waals surface area (Å²) in [6.45, 7) is 0. The Balaban J connectivity index is 1.41. The van der Waals surface area contributed by atoms with Crippen LogP contribution in [0.15, 0.2) is 91.0 Å². The Morgan fingerprint density at radius 2 is 1.76 bits per heavy atom. The van der Waals surface area contributed by atoms with Gasteiger partial charge in [-0.1, -0.05) is 66.2 Å². The van der Waals surface area contributed by atoms with Crippen LogP contribution < -0.4 is 10.6 Å². The van der Waals surface area contributed by atoms with Crippen LogP contribution >= 0.6 is 11.6 Å². The first-order valence-electron chi connectivity index (χ1n) is 10.6. The predicted octanol–water partition coefficient (Wildman–Crippen LogP) is 5.78. The first-order chi connectivity index (χ1) is 16.5. The Hall–Kier alpha value is -4.23. The number of aromatic nitrogens is 3. The summed E-state index contributed by atoms with van der Waals surface area (Å²) in [6.07, 6.45) is 5.00. The van der Waals surface area contributed by atoms with Crippen LogP contribution in [-0.2, 0) is 4.79 Å². The Morgan fingerprint density at radius 1 is 1.03 bits per heavy atom. The van der Waals surface area contributed by atoms with E-state index < -0.39 is 5.91 Å². The van der Waals surface area contributed by atoms with Gasteiger partial charge in [-0.15, -0.1) is 5.10 Å². The molecule has 168 valence electrons. The van der Waals surface area contributed by atoms with Crippen molar-refractivity contribution in [2.45, 2.75) is 6.04 Å². The number of amides is 1. The molecule has 0 radical (unpaired) electrons. The number of fused-ring (bicyclic) bond motifs is 1. The molecule has 2 heterocycles. The molecule has 5 rings (SSSR count). The number of nitrogens with one attached hydrogen (secondary N) is 2. The van der Waals surface area contributed by atoms with Crippen molar-refractivity contribution in [2.24, 2.45) is 0 Å². The van der Waals surface area contributed by atoms with Gasteiger partial charge in [-0.25, -0.2) is 9.07 Å².